The highest BCUT2D eigenvalue weighted by Gasteiger charge is 2.34. The van der Waals surface area contributed by atoms with Crippen LogP contribution in [0.15, 0.2) is 28.7 Å². The number of benzene rings is 1. The molecule has 1 fully saturated rings. The van der Waals surface area contributed by atoms with Crippen LogP contribution in [0.3, 0.4) is 0 Å². The van der Waals surface area contributed by atoms with Crippen molar-refractivity contribution < 1.29 is 13.2 Å². The van der Waals surface area contributed by atoms with E-state index in [-0.39, 0.29) is 23.5 Å². The van der Waals surface area contributed by atoms with Crippen molar-refractivity contribution in [3.63, 3.8) is 0 Å². The molecule has 1 aliphatic heterocycles. The quantitative estimate of drug-likeness (QED) is 0.842. The van der Waals surface area contributed by atoms with Gasteiger partial charge < -0.3 is 4.90 Å². The Labute approximate surface area is 121 Å². The highest BCUT2D eigenvalue weighted by atomic mass is 79.9. The van der Waals surface area contributed by atoms with Gasteiger partial charge >= 0.3 is 0 Å². The van der Waals surface area contributed by atoms with E-state index in [0.29, 0.717) is 18.5 Å². The second-order valence-corrected chi connectivity index (χ2v) is 7.80. The maximum atomic E-state index is 12.4. The molecule has 1 aromatic rings. The summed E-state index contributed by atoms with van der Waals surface area (Å²) in [5.41, 5.74) is 0.584. The minimum Gasteiger partial charge on any atom is -0.335 e. The van der Waals surface area contributed by atoms with Gasteiger partial charge in [0.2, 0.25) is 0 Å². The first-order valence-electron chi connectivity index (χ1n) is 6.20. The van der Waals surface area contributed by atoms with Gasteiger partial charge in [-0.3, -0.25) is 4.79 Å². The lowest BCUT2D eigenvalue weighted by atomic mass is 10.1. The van der Waals surface area contributed by atoms with Crippen LogP contribution in [0.1, 0.15) is 23.7 Å². The Morgan fingerprint density at radius 2 is 2.21 bits per heavy atom. The van der Waals surface area contributed by atoms with Crippen LogP contribution in [0.5, 0.6) is 0 Å². The fourth-order valence-corrected chi connectivity index (χ4v) is 4.51. The van der Waals surface area contributed by atoms with Gasteiger partial charge in [0, 0.05) is 22.6 Å². The molecular formula is C13H16BrNO3S. The van der Waals surface area contributed by atoms with Crippen LogP contribution < -0.4 is 0 Å². The first-order chi connectivity index (χ1) is 8.93. The number of hydrogen-bond acceptors (Lipinski definition) is 3. The van der Waals surface area contributed by atoms with E-state index in [2.05, 4.69) is 15.9 Å². The molecule has 1 heterocycles. The number of sulfone groups is 1. The molecule has 2 rings (SSSR count). The van der Waals surface area contributed by atoms with E-state index in [0.717, 1.165) is 4.47 Å². The van der Waals surface area contributed by atoms with Gasteiger partial charge in [0.15, 0.2) is 9.84 Å². The summed E-state index contributed by atoms with van der Waals surface area (Å²) in [4.78, 5) is 14.1. The maximum Gasteiger partial charge on any atom is 0.254 e. The summed E-state index contributed by atoms with van der Waals surface area (Å²) < 4.78 is 23.9. The van der Waals surface area contributed by atoms with E-state index in [4.69, 9.17) is 0 Å². The zero-order chi connectivity index (χ0) is 14.0. The number of hydrogen-bond donors (Lipinski definition) is 0. The Balaban J connectivity index is 2.21. The molecule has 0 aromatic heterocycles. The van der Waals surface area contributed by atoms with Crippen molar-refractivity contribution in [1.29, 1.82) is 0 Å². The molecular weight excluding hydrogens is 330 g/mol. The van der Waals surface area contributed by atoms with Gasteiger partial charge in [0.05, 0.1) is 11.5 Å². The van der Waals surface area contributed by atoms with Crippen LogP contribution in [-0.2, 0) is 9.84 Å². The summed E-state index contributed by atoms with van der Waals surface area (Å²) in [5.74, 6) is 0.159. The van der Waals surface area contributed by atoms with Crippen LogP contribution in [0, 0.1) is 0 Å². The van der Waals surface area contributed by atoms with Gasteiger partial charge in [-0.1, -0.05) is 22.0 Å². The number of halogens is 1. The van der Waals surface area contributed by atoms with Gasteiger partial charge in [0.1, 0.15) is 0 Å². The molecule has 0 saturated carbocycles. The number of nitrogens with zero attached hydrogens (tertiary/aromatic N) is 1. The molecule has 0 radical (unpaired) electrons. The smallest absolute Gasteiger partial charge is 0.254 e. The highest BCUT2D eigenvalue weighted by Crippen LogP contribution is 2.21. The lowest BCUT2D eigenvalue weighted by Gasteiger charge is -2.27. The first-order valence-corrected chi connectivity index (χ1v) is 8.81. The van der Waals surface area contributed by atoms with E-state index in [9.17, 15) is 13.2 Å². The van der Waals surface area contributed by atoms with Crippen molar-refractivity contribution in [3.05, 3.63) is 34.3 Å². The number of carbonyl (C=O) groups is 1. The molecule has 0 bridgehead atoms. The van der Waals surface area contributed by atoms with Crippen molar-refractivity contribution in [2.75, 3.05) is 18.1 Å². The molecule has 19 heavy (non-hydrogen) atoms. The maximum absolute atomic E-state index is 12.4. The lowest BCUT2D eigenvalue weighted by Crippen LogP contribution is -2.40. The van der Waals surface area contributed by atoms with Crippen LogP contribution in [0.2, 0.25) is 0 Å². The van der Waals surface area contributed by atoms with Crippen molar-refractivity contribution in [3.8, 4) is 0 Å². The Hall–Kier alpha value is -0.880. The van der Waals surface area contributed by atoms with Gasteiger partial charge in [-0.05, 0) is 31.5 Å². The van der Waals surface area contributed by atoms with Crippen molar-refractivity contribution in [1.82, 2.24) is 4.90 Å². The summed E-state index contributed by atoms with van der Waals surface area (Å²) in [5, 5.41) is 0. The molecule has 6 heteroatoms. The Morgan fingerprint density at radius 1 is 1.47 bits per heavy atom. The second-order valence-electron chi connectivity index (χ2n) is 4.66. The average molecular weight is 346 g/mol. The fraction of sp³-hybridized carbons (Fsp3) is 0.462. The van der Waals surface area contributed by atoms with E-state index in [1.165, 1.54) is 0 Å². The van der Waals surface area contributed by atoms with Gasteiger partial charge in [-0.2, -0.15) is 0 Å². The summed E-state index contributed by atoms with van der Waals surface area (Å²) in [6, 6.07) is 6.97. The Morgan fingerprint density at radius 3 is 2.74 bits per heavy atom. The molecule has 0 N–H and O–H groups in total. The monoisotopic (exact) mass is 345 g/mol. The molecule has 1 atom stereocenters. The molecule has 1 aliphatic rings. The van der Waals surface area contributed by atoms with Crippen molar-refractivity contribution >= 4 is 31.7 Å². The standard InChI is InChI=1S/C13H16BrNO3S/c1-2-15(12-6-7-19(17,18)9-12)13(16)10-4-3-5-11(14)8-10/h3-5,8,12H,2,6-7,9H2,1H3/t12-/m1/s1. The largest absolute Gasteiger partial charge is 0.335 e. The van der Waals surface area contributed by atoms with Crippen LogP contribution in [0.4, 0.5) is 0 Å². The molecule has 0 spiro atoms. The highest BCUT2D eigenvalue weighted by molar-refractivity contribution is 9.10. The number of rotatable bonds is 3. The summed E-state index contributed by atoms with van der Waals surface area (Å²) in [6.45, 7) is 2.40. The third-order valence-electron chi connectivity index (χ3n) is 3.32. The van der Waals surface area contributed by atoms with Crippen LogP contribution in [-0.4, -0.2) is 43.3 Å². The minimum absolute atomic E-state index is 0.0839. The van der Waals surface area contributed by atoms with Crippen molar-refractivity contribution in [2.24, 2.45) is 0 Å². The topological polar surface area (TPSA) is 54.5 Å². The van der Waals surface area contributed by atoms with E-state index < -0.39 is 9.84 Å². The summed E-state index contributed by atoms with van der Waals surface area (Å²) in [7, 11) is -2.98. The predicted molar refractivity (Wildman–Crippen MR) is 77.9 cm³/mol. The SMILES string of the molecule is CCN(C(=O)c1cccc(Br)c1)[C@@H]1CCS(=O)(=O)C1. The molecule has 1 saturated heterocycles. The third kappa shape index (κ3) is 3.36. The first kappa shape index (κ1) is 14.5. The third-order valence-corrected chi connectivity index (χ3v) is 5.57. The second kappa shape index (κ2) is 5.63. The average Bonchev–Trinajstić information content (AvgIpc) is 2.70. The molecule has 4 nitrogen and oxygen atoms in total. The Kier molecular flexibility index (Phi) is 4.30. The van der Waals surface area contributed by atoms with Gasteiger partial charge in [-0.15, -0.1) is 0 Å². The molecule has 1 aromatic carbocycles. The molecule has 104 valence electrons. The predicted octanol–water partition coefficient (Wildman–Crippen LogP) is 2.10. The molecule has 0 aliphatic carbocycles. The van der Waals surface area contributed by atoms with E-state index in [1.807, 2.05) is 13.0 Å². The zero-order valence-electron chi connectivity index (χ0n) is 10.7. The molecule has 0 unspecified atom stereocenters. The fourth-order valence-electron chi connectivity index (χ4n) is 2.38. The van der Waals surface area contributed by atoms with Crippen molar-refractivity contribution in [2.45, 2.75) is 19.4 Å². The zero-order valence-corrected chi connectivity index (χ0v) is 13.1. The number of amides is 1. The van der Waals surface area contributed by atoms with Crippen LogP contribution in [0.25, 0.3) is 0 Å². The summed E-state index contributed by atoms with van der Waals surface area (Å²) in [6.07, 6.45) is 0.538. The normalized spacial score (nSPS) is 21.3. The lowest BCUT2D eigenvalue weighted by molar-refractivity contribution is 0.0708. The van der Waals surface area contributed by atoms with Gasteiger partial charge in [0.25, 0.3) is 5.91 Å². The number of carbonyl (C=O) groups excluding carboxylic acids is 1. The van der Waals surface area contributed by atoms with Crippen LogP contribution >= 0.6 is 15.9 Å². The molecule has 1 amide bonds. The van der Waals surface area contributed by atoms with E-state index in [1.54, 1.807) is 23.1 Å². The Bertz CT molecular complexity index is 585. The van der Waals surface area contributed by atoms with Gasteiger partial charge in [-0.25, -0.2) is 8.42 Å². The summed E-state index contributed by atoms with van der Waals surface area (Å²) >= 11 is 3.34. The van der Waals surface area contributed by atoms with E-state index >= 15 is 0 Å². The minimum atomic E-state index is -2.98.